The van der Waals surface area contributed by atoms with E-state index in [1.54, 1.807) is 0 Å². The van der Waals surface area contributed by atoms with E-state index in [2.05, 4.69) is 0 Å². The van der Waals surface area contributed by atoms with E-state index in [-0.39, 0.29) is 47.5 Å². The van der Waals surface area contributed by atoms with E-state index in [9.17, 15) is 14.7 Å². The number of aliphatic hydroxyl groups excluding tert-OH is 1. The van der Waals surface area contributed by atoms with Crippen LogP contribution in [0, 0.1) is 38.5 Å². The van der Waals surface area contributed by atoms with Crippen molar-refractivity contribution in [1.82, 2.24) is 0 Å². The molecular weight excluding hydrogens is 344 g/mol. The first-order chi connectivity index (χ1) is 12.8. The predicted molar refractivity (Wildman–Crippen MR) is 100 cm³/mol. The lowest BCUT2D eigenvalue weighted by Gasteiger charge is -2.27. The number of fused-ring (bicyclic) bond motifs is 5. The molecule has 0 saturated carbocycles. The van der Waals surface area contributed by atoms with Crippen LogP contribution < -0.4 is 0 Å². The van der Waals surface area contributed by atoms with Gasteiger partial charge in [0.1, 0.15) is 5.76 Å². The summed E-state index contributed by atoms with van der Waals surface area (Å²) in [5.41, 5.74) is 4.51. The maximum absolute atomic E-state index is 13.2. The number of benzene rings is 1. The number of carbonyl (C=O) groups is 2. The summed E-state index contributed by atoms with van der Waals surface area (Å²) in [4.78, 5) is 24.7. The number of hydrogen-bond acceptors (Lipinski definition) is 5. The molecule has 0 unspecified atom stereocenters. The molecule has 0 amide bonds. The Morgan fingerprint density at radius 2 is 1.89 bits per heavy atom. The third-order valence-electron chi connectivity index (χ3n) is 6.47. The quantitative estimate of drug-likeness (QED) is 0.822. The van der Waals surface area contributed by atoms with Crippen molar-refractivity contribution in [3.05, 3.63) is 40.1 Å². The van der Waals surface area contributed by atoms with Crippen LogP contribution in [0.15, 0.2) is 17.9 Å². The first kappa shape index (κ1) is 18.2. The zero-order valence-electron chi connectivity index (χ0n) is 16.2. The average Bonchev–Trinajstić information content (AvgIpc) is 3.25. The fourth-order valence-electron chi connectivity index (χ4n) is 5.48. The predicted octanol–water partition coefficient (Wildman–Crippen LogP) is 3.44. The Balaban J connectivity index is 1.66. The normalized spacial score (nSPS) is 31.6. The van der Waals surface area contributed by atoms with Crippen LogP contribution in [-0.4, -0.2) is 36.2 Å². The van der Waals surface area contributed by atoms with Gasteiger partial charge in [0.15, 0.2) is 5.78 Å². The summed E-state index contributed by atoms with van der Waals surface area (Å²) in [7, 11) is 1.39. The van der Waals surface area contributed by atoms with Gasteiger partial charge in [-0.25, -0.2) is 0 Å². The Morgan fingerprint density at radius 3 is 2.52 bits per heavy atom. The van der Waals surface area contributed by atoms with Crippen molar-refractivity contribution in [3.63, 3.8) is 0 Å². The number of allylic oxidation sites excluding steroid dienone is 1. The number of ketones is 1. The van der Waals surface area contributed by atoms with Crippen LogP contribution in [0.3, 0.4) is 0 Å². The lowest BCUT2D eigenvalue weighted by atomic mass is 9.73. The fraction of sp³-hybridized carbons (Fsp3) is 0.545. The van der Waals surface area contributed by atoms with Crippen LogP contribution in [0.25, 0.3) is 5.57 Å². The van der Waals surface area contributed by atoms with Crippen molar-refractivity contribution in [2.24, 2.45) is 17.8 Å². The van der Waals surface area contributed by atoms with E-state index in [1.807, 2.05) is 32.9 Å². The number of methoxy groups -OCH3 is 1. The molecule has 27 heavy (non-hydrogen) atoms. The molecule has 0 aromatic heterocycles. The van der Waals surface area contributed by atoms with Gasteiger partial charge in [-0.15, -0.1) is 0 Å². The molecule has 1 N–H and O–H groups in total. The largest absolute Gasteiger partial charge is 0.511 e. The van der Waals surface area contributed by atoms with Gasteiger partial charge in [0, 0.05) is 6.42 Å². The van der Waals surface area contributed by atoms with Gasteiger partial charge in [0.05, 0.1) is 36.7 Å². The third kappa shape index (κ3) is 2.71. The lowest BCUT2D eigenvalue weighted by Crippen LogP contribution is -2.34. The van der Waals surface area contributed by atoms with Gasteiger partial charge in [-0.3, -0.25) is 9.59 Å². The lowest BCUT2D eigenvalue weighted by molar-refractivity contribution is -0.141. The van der Waals surface area contributed by atoms with E-state index in [0.717, 1.165) is 28.7 Å². The average molecular weight is 370 g/mol. The van der Waals surface area contributed by atoms with Crippen LogP contribution in [0.1, 0.15) is 41.5 Å². The second-order valence-corrected chi connectivity index (χ2v) is 8.20. The smallest absolute Gasteiger partial charge is 0.305 e. The molecule has 2 heterocycles. The molecule has 144 valence electrons. The monoisotopic (exact) mass is 370 g/mol. The second kappa shape index (κ2) is 6.48. The summed E-state index contributed by atoms with van der Waals surface area (Å²) >= 11 is 0. The molecule has 5 heteroatoms. The minimum absolute atomic E-state index is 0.00599. The summed E-state index contributed by atoms with van der Waals surface area (Å²) in [6.45, 7) is 6.01. The van der Waals surface area contributed by atoms with Crippen molar-refractivity contribution in [1.29, 1.82) is 0 Å². The van der Waals surface area contributed by atoms with E-state index in [0.29, 0.717) is 18.4 Å². The minimum Gasteiger partial charge on any atom is -0.511 e. The Morgan fingerprint density at radius 1 is 1.22 bits per heavy atom. The SMILES string of the molecule is COC(=O)CC[C@@H]1C[C@@H]2O[C@H]1[C@H]1C(O)=C(c3c(C)cc(C)cc3C)C(=O)[C@H]12. The van der Waals surface area contributed by atoms with Crippen LogP contribution in [0.4, 0.5) is 0 Å². The summed E-state index contributed by atoms with van der Waals surface area (Å²) in [6, 6.07) is 4.10. The molecule has 2 saturated heterocycles. The molecule has 5 nitrogen and oxygen atoms in total. The van der Waals surface area contributed by atoms with Crippen LogP contribution >= 0.6 is 0 Å². The first-order valence-electron chi connectivity index (χ1n) is 9.61. The number of Topliss-reactive ketones (excluding diaryl/α,β-unsaturated/α-hetero) is 1. The van der Waals surface area contributed by atoms with Crippen molar-refractivity contribution >= 4 is 17.3 Å². The van der Waals surface area contributed by atoms with Crippen molar-refractivity contribution in [3.8, 4) is 0 Å². The van der Waals surface area contributed by atoms with Crippen molar-refractivity contribution < 1.29 is 24.2 Å². The van der Waals surface area contributed by atoms with E-state index < -0.39 is 0 Å². The van der Waals surface area contributed by atoms with Gasteiger partial charge < -0.3 is 14.6 Å². The highest BCUT2D eigenvalue weighted by Crippen LogP contribution is 2.56. The molecule has 0 radical (unpaired) electrons. The zero-order chi connectivity index (χ0) is 19.5. The summed E-state index contributed by atoms with van der Waals surface area (Å²) in [6.07, 6.45) is 1.40. The number of aryl methyl sites for hydroxylation is 3. The van der Waals surface area contributed by atoms with Gasteiger partial charge >= 0.3 is 5.97 Å². The van der Waals surface area contributed by atoms with Crippen molar-refractivity contribution in [2.75, 3.05) is 7.11 Å². The highest BCUT2D eigenvalue weighted by atomic mass is 16.5. The summed E-state index contributed by atoms with van der Waals surface area (Å²) in [5.74, 6) is -0.455. The zero-order valence-corrected chi connectivity index (χ0v) is 16.2. The molecule has 1 aromatic carbocycles. The highest BCUT2D eigenvalue weighted by molar-refractivity contribution is 6.26. The number of carbonyl (C=O) groups excluding carboxylic acids is 2. The highest BCUT2D eigenvalue weighted by Gasteiger charge is 2.62. The van der Waals surface area contributed by atoms with E-state index >= 15 is 0 Å². The topological polar surface area (TPSA) is 72.8 Å². The summed E-state index contributed by atoms with van der Waals surface area (Å²) < 4.78 is 10.8. The van der Waals surface area contributed by atoms with E-state index in [1.165, 1.54) is 7.11 Å². The molecular formula is C22H26O5. The van der Waals surface area contributed by atoms with Gasteiger partial charge in [-0.1, -0.05) is 17.7 Å². The van der Waals surface area contributed by atoms with Crippen LogP contribution in [-0.2, 0) is 19.1 Å². The molecule has 4 rings (SSSR count). The molecule has 2 aliphatic heterocycles. The Kier molecular flexibility index (Phi) is 4.38. The number of rotatable bonds is 4. The third-order valence-corrected chi connectivity index (χ3v) is 6.47. The maximum atomic E-state index is 13.2. The summed E-state index contributed by atoms with van der Waals surface area (Å²) in [5, 5.41) is 11.1. The van der Waals surface area contributed by atoms with Crippen molar-refractivity contribution in [2.45, 2.75) is 52.2 Å². The molecule has 1 aromatic rings. The Bertz CT molecular complexity index is 829. The van der Waals surface area contributed by atoms with Crippen LogP contribution in [0.2, 0.25) is 0 Å². The molecule has 3 aliphatic rings. The number of esters is 1. The Labute approximate surface area is 159 Å². The minimum atomic E-state index is -0.292. The number of aliphatic hydroxyl groups is 1. The molecule has 0 spiro atoms. The molecule has 2 fully saturated rings. The molecule has 2 bridgehead atoms. The maximum Gasteiger partial charge on any atom is 0.305 e. The second-order valence-electron chi connectivity index (χ2n) is 8.20. The standard InChI is InChI=1S/C22H26O5/c1-10-7-11(2)16(12(3)8-10)18-20(24)17-14-9-13(5-6-15(23)26-4)22(27-14)19(17)21(18)25/h7-8,13-14,17,19,22,25H,5-6,9H2,1-4H3/t13-,14+,17+,19-,22-/m1/s1. The number of ether oxygens (including phenoxy) is 2. The van der Waals surface area contributed by atoms with Gasteiger partial charge in [-0.2, -0.15) is 0 Å². The van der Waals surface area contributed by atoms with E-state index in [4.69, 9.17) is 9.47 Å². The Hall–Kier alpha value is -2.14. The fourth-order valence-corrected chi connectivity index (χ4v) is 5.48. The number of hydrogen-bond donors (Lipinski definition) is 1. The van der Waals surface area contributed by atoms with Crippen LogP contribution in [0.5, 0.6) is 0 Å². The first-order valence-corrected chi connectivity index (χ1v) is 9.61. The van der Waals surface area contributed by atoms with Gasteiger partial charge in [-0.05, 0) is 56.2 Å². The van der Waals surface area contributed by atoms with Gasteiger partial charge in [0.2, 0.25) is 0 Å². The van der Waals surface area contributed by atoms with Gasteiger partial charge in [0.25, 0.3) is 0 Å². The molecule has 5 atom stereocenters. The molecule has 1 aliphatic carbocycles.